The van der Waals surface area contributed by atoms with E-state index in [-0.39, 0.29) is 17.4 Å². The highest BCUT2D eigenvalue weighted by molar-refractivity contribution is 6.46. The summed E-state index contributed by atoms with van der Waals surface area (Å²) in [7, 11) is 3.80. The van der Waals surface area contributed by atoms with E-state index in [4.69, 9.17) is 16.3 Å². The quantitative estimate of drug-likeness (QED) is 0.436. The summed E-state index contributed by atoms with van der Waals surface area (Å²) >= 11 is 6.20. The number of aliphatic hydroxyl groups is 1. The summed E-state index contributed by atoms with van der Waals surface area (Å²) in [5.41, 5.74) is 2.23. The molecule has 0 spiro atoms. The molecule has 2 aromatic carbocycles. The average Bonchev–Trinajstić information content (AvgIpc) is 3.22. The van der Waals surface area contributed by atoms with E-state index in [1.165, 1.54) is 4.90 Å². The van der Waals surface area contributed by atoms with Gasteiger partial charge in [0, 0.05) is 30.1 Å². The zero-order chi connectivity index (χ0) is 22.3. The minimum atomic E-state index is -0.706. The number of amides is 1. The van der Waals surface area contributed by atoms with Crippen LogP contribution in [0.2, 0.25) is 5.02 Å². The van der Waals surface area contributed by atoms with E-state index in [1.807, 2.05) is 38.1 Å². The first-order chi connectivity index (χ1) is 14.8. The number of carbonyl (C=O) groups excluding carboxylic acids is 2. The zero-order valence-electron chi connectivity index (χ0n) is 17.8. The van der Waals surface area contributed by atoms with Crippen molar-refractivity contribution in [1.82, 2.24) is 9.80 Å². The maximum atomic E-state index is 13.0. The highest BCUT2D eigenvalue weighted by atomic mass is 35.5. The van der Waals surface area contributed by atoms with Crippen LogP contribution in [-0.2, 0) is 16.0 Å². The van der Waals surface area contributed by atoms with Crippen molar-refractivity contribution >= 4 is 29.1 Å². The van der Waals surface area contributed by atoms with Crippen molar-refractivity contribution in [2.75, 3.05) is 27.2 Å². The molecule has 7 heteroatoms. The van der Waals surface area contributed by atoms with Crippen LogP contribution in [-0.4, -0.2) is 59.9 Å². The molecule has 2 aliphatic rings. The summed E-state index contributed by atoms with van der Waals surface area (Å²) in [4.78, 5) is 29.4. The number of likely N-dealkylation sites (tertiary alicyclic amines) is 1. The van der Waals surface area contributed by atoms with Crippen LogP contribution in [0.25, 0.3) is 5.76 Å². The summed E-state index contributed by atoms with van der Waals surface area (Å²) in [5.74, 6) is -0.710. The number of carbonyl (C=O) groups is 2. The molecule has 0 aliphatic carbocycles. The van der Waals surface area contributed by atoms with Gasteiger partial charge in [-0.2, -0.15) is 0 Å². The average molecular weight is 441 g/mol. The number of ether oxygens (including phenoxy) is 1. The fourth-order valence-corrected chi connectivity index (χ4v) is 4.37. The second-order valence-electron chi connectivity index (χ2n) is 8.31. The van der Waals surface area contributed by atoms with Gasteiger partial charge in [-0.25, -0.2) is 0 Å². The predicted molar refractivity (Wildman–Crippen MR) is 119 cm³/mol. The summed E-state index contributed by atoms with van der Waals surface area (Å²) in [6.07, 6.45) is 0.793. The van der Waals surface area contributed by atoms with Gasteiger partial charge in [0.1, 0.15) is 17.6 Å². The SMILES string of the molecule is C[C@@H]1Cc2cc(/C(O)=C3\C(=O)C(=O)N(CCN(C)C)[C@H]3c3cccc(Cl)c3)ccc2O1. The summed E-state index contributed by atoms with van der Waals surface area (Å²) in [5, 5.41) is 11.7. The minimum Gasteiger partial charge on any atom is -0.507 e. The number of fused-ring (bicyclic) bond motifs is 1. The van der Waals surface area contributed by atoms with Crippen molar-refractivity contribution in [3.05, 3.63) is 69.8 Å². The second-order valence-corrected chi connectivity index (χ2v) is 8.74. The molecule has 1 fully saturated rings. The minimum absolute atomic E-state index is 0.0653. The Morgan fingerprint density at radius 2 is 2.00 bits per heavy atom. The fraction of sp³-hybridized carbons (Fsp3) is 0.333. The summed E-state index contributed by atoms with van der Waals surface area (Å²) in [6, 6.07) is 11.7. The summed E-state index contributed by atoms with van der Waals surface area (Å²) < 4.78 is 5.73. The molecule has 1 N–H and O–H groups in total. The van der Waals surface area contributed by atoms with Crippen LogP contribution in [0.15, 0.2) is 48.0 Å². The Hall–Kier alpha value is -2.83. The Bertz CT molecular complexity index is 1080. The van der Waals surface area contributed by atoms with Crippen molar-refractivity contribution < 1.29 is 19.4 Å². The number of ketones is 1. The number of rotatable bonds is 5. The lowest BCUT2D eigenvalue weighted by molar-refractivity contribution is -0.140. The Labute approximate surface area is 186 Å². The van der Waals surface area contributed by atoms with Crippen LogP contribution in [0.4, 0.5) is 0 Å². The van der Waals surface area contributed by atoms with E-state index in [1.54, 1.807) is 30.3 Å². The Balaban J connectivity index is 1.82. The molecule has 1 amide bonds. The van der Waals surface area contributed by atoms with Crippen molar-refractivity contribution in [1.29, 1.82) is 0 Å². The number of hydrogen-bond acceptors (Lipinski definition) is 5. The van der Waals surface area contributed by atoms with Crippen LogP contribution in [0.1, 0.15) is 29.7 Å². The first-order valence-electron chi connectivity index (χ1n) is 10.2. The second kappa shape index (κ2) is 8.36. The third-order valence-electron chi connectivity index (χ3n) is 5.66. The Kier molecular flexibility index (Phi) is 5.77. The zero-order valence-corrected chi connectivity index (χ0v) is 18.5. The van der Waals surface area contributed by atoms with Crippen molar-refractivity contribution in [3.8, 4) is 5.75 Å². The van der Waals surface area contributed by atoms with Gasteiger partial charge in [-0.1, -0.05) is 23.7 Å². The van der Waals surface area contributed by atoms with Crippen LogP contribution in [0.3, 0.4) is 0 Å². The molecule has 2 atom stereocenters. The van der Waals surface area contributed by atoms with Crippen molar-refractivity contribution in [2.45, 2.75) is 25.5 Å². The molecule has 0 unspecified atom stereocenters. The molecule has 1 saturated heterocycles. The van der Waals surface area contributed by atoms with Gasteiger partial charge in [-0.05, 0) is 62.5 Å². The molecule has 4 rings (SSSR count). The van der Waals surface area contributed by atoms with Crippen molar-refractivity contribution in [2.24, 2.45) is 0 Å². The lowest BCUT2D eigenvalue weighted by Gasteiger charge is -2.26. The standard InChI is InChI=1S/C24H25ClN2O4/c1-14-11-17-12-16(7-8-19(17)31-14)22(28)20-21(15-5-4-6-18(25)13-15)27(10-9-26(2)3)24(30)23(20)29/h4-8,12-14,21,28H,9-11H2,1-3H3/b22-20+/t14-,21+/m1/s1. The number of likely N-dealkylation sites (N-methyl/N-ethyl adjacent to an activating group) is 1. The van der Waals surface area contributed by atoms with Gasteiger partial charge in [-0.3, -0.25) is 9.59 Å². The highest BCUT2D eigenvalue weighted by Gasteiger charge is 2.46. The lowest BCUT2D eigenvalue weighted by Crippen LogP contribution is -2.35. The molecule has 2 aromatic rings. The predicted octanol–water partition coefficient (Wildman–Crippen LogP) is 3.65. The molecule has 0 radical (unpaired) electrons. The first kappa shape index (κ1) is 21.4. The van der Waals surface area contributed by atoms with E-state index in [2.05, 4.69) is 0 Å². The largest absolute Gasteiger partial charge is 0.507 e. The van der Waals surface area contributed by atoms with Gasteiger partial charge in [0.15, 0.2) is 0 Å². The number of Topliss-reactive ketones (excluding diaryl/α,β-unsaturated/α-hetero) is 1. The van der Waals surface area contributed by atoms with Crippen LogP contribution in [0, 0.1) is 0 Å². The van der Waals surface area contributed by atoms with Crippen LogP contribution in [0.5, 0.6) is 5.75 Å². The Morgan fingerprint density at radius 1 is 1.23 bits per heavy atom. The molecule has 0 saturated carbocycles. The third-order valence-corrected chi connectivity index (χ3v) is 5.90. The Morgan fingerprint density at radius 3 is 2.71 bits per heavy atom. The number of benzene rings is 2. The normalized spacial score (nSPS) is 22.2. The third kappa shape index (κ3) is 4.05. The molecule has 2 aliphatic heterocycles. The van der Waals surface area contributed by atoms with E-state index < -0.39 is 17.7 Å². The molecule has 162 valence electrons. The monoisotopic (exact) mass is 440 g/mol. The fourth-order valence-electron chi connectivity index (χ4n) is 4.17. The topological polar surface area (TPSA) is 70.1 Å². The molecule has 0 aromatic heterocycles. The molecule has 0 bridgehead atoms. The van der Waals surface area contributed by atoms with E-state index >= 15 is 0 Å². The molecule has 2 heterocycles. The van der Waals surface area contributed by atoms with Gasteiger partial charge >= 0.3 is 0 Å². The van der Waals surface area contributed by atoms with Crippen molar-refractivity contribution in [3.63, 3.8) is 0 Å². The van der Waals surface area contributed by atoms with Gasteiger partial charge in [0.2, 0.25) is 0 Å². The maximum absolute atomic E-state index is 13.0. The lowest BCUT2D eigenvalue weighted by atomic mass is 9.94. The van der Waals surface area contributed by atoms with Gasteiger partial charge < -0.3 is 19.6 Å². The number of halogens is 1. The number of hydrogen-bond donors (Lipinski definition) is 1. The highest BCUT2D eigenvalue weighted by Crippen LogP contribution is 2.41. The number of aliphatic hydroxyl groups excluding tert-OH is 1. The first-order valence-corrected chi connectivity index (χ1v) is 10.6. The van der Waals surface area contributed by atoms with Gasteiger partial charge in [-0.15, -0.1) is 0 Å². The molecular formula is C24H25ClN2O4. The van der Waals surface area contributed by atoms with Gasteiger partial charge in [0.05, 0.1) is 11.6 Å². The summed E-state index contributed by atoms with van der Waals surface area (Å²) in [6.45, 7) is 2.91. The van der Waals surface area contributed by atoms with Crippen LogP contribution >= 0.6 is 11.6 Å². The molecular weight excluding hydrogens is 416 g/mol. The van der Waals surface area contributed by atoms with Crippen LogP contribution < -0.4 is 4.74 Å². The van der Waals surface area contributed by atoms with E-state index in [9.17, 15) is 14.7 Å². The smallest absolute Gasteiger partial charge is 0.295 e. The van der Waals surface area contributed by atoms with E-state index in [0.29, 0.717) is 29.2 Å². The molecule has 6 nitrogen and oxygen atoms in total. The molecule has 31 heavy (non-hydrogen) atoms. The number of nitrogens with zero attached hydrogens (tertiary/aromatic N) is 2. The maximum Gasteiger partial charge on any atom is 0.295 e. The van der Waals surface area contributed by atoms with E-state index in [0.717, 1.165) is 17.7 Å². The van der Waals surface area contributed by atoms with Gasteiger partial charge in [0.25, 0.3) is 11.7 Å².